The Labute approximate surface area is 673 Å². The molecule has 0 aliphatic carbocycles. The van der Waals surface area contributed by atoms with Gasteiger partial charge in [0.1, 0.15) is 34.5 Å². The Morgan fingerprint density at radius 3 is 0.541 bits per heavy atom. The van der Waals surface area contributed by atoms with Crippen LogP contribution in [0.3, 0.4) is 0 Å². The summed E-state index contributed by atoms with van der Waals surface area (Å²) in [5.41, 5.74) is 15.0. The zero-order valence-corrected chi connectivity index (χ0v) is 79.9. The predicted octanol–water partition coefficient (Wildman–Crippen LogP) is 26.9. The molecule has 18 heteroatoms. The topological polar surface area (TPSA) is 166 Å². The molecule has 109 heavy (non-hydrogen) atoms. The van der Waals surface area contributed by atoms with E-state index in [2.05, 4.69) is 343 Å². The lowest BCUT2D eigenvalue weighted by Gasteiger charge is -2.37. The van der Waals surface area contributed by atoms with Gasteiger partial charge in [0.25, 0.3) is 0 Å². The van der Waals surface area contributed by atoms with E-state index in [-0.39, 0.29) is 66.5 Å². The van der Waals surface area contributed by atoms with Crippen LogP contribution in [0.25, 0.3) is 0 Å². The SMILES string of the molecule is CC1c2cc(C(C)(C)C)cc(C(C)(C)C)c2OP(=O)([O][Al][O]P2(=O)Oc3c(cc(C(C)(C)C)cc3C(C)(C)C)C(C)c3cc(C(C)(C)C)cc(C(C)(C)C)c3O2)Oc2c1cc(C(C)(C)C)cc2C(C)(C)C.O.[CH3][AlH][O]P1(=O)Oc2c(cc(C(C)(C)C)cc2C(C)(C)C)C(C)c2cc(C(C)(C)C)cc(C(C)(C)C)c2O1. The molecule has 13 nitrogen and oxygen atoms in total. The minimum Gasteiger partial charge on any atom is -0.412 e. The summed E-state index contributed by atoms with van der Waals surface area (Å²) in [6, 6.07) is 26.3. The molecule has 1 radical (unpaired) electrons. The van der Waals surface area contributed by atoms with E-state index in [9.17, 15) is 4.57 Å². The summed E-state index contributed by atoms with van der Waals surface area (Å²) < 4.78 is 105. The molecule has 0 atom stereocenters. The Hall–Kier alpha value is -4.29. The van der Waals surface area contributed by atoms with Gasteiger partial charge >= 0.3 is 54.9 Å². The van der Waals surface area contributed by atoms with Crippen LogP contribution in [0.4, 0.5) is 0 Å². The monoisotopic (exact) mass is 1590 g/mol. The minimum atomic E-state index is -4.68. The predicted molar refractivity (Wildman–Crippen MR) is 458 cm³/mol. The van der Waals surface area contributed by atoms with E-state index in [4.69, 9.17) is 37.9 Å². The van der Waals surface area contributed by atoms with Crippen LogP contribution in [-0.2, 0) is 89.4 Å². The second-order valence-electron chi connectivity index (χ2n) is 43.4. The first-order chi connectivity index (χ1) is 48.3. The second-order valence-corrected chi connectivity index (χ2v) is 50.7. The average molecular weight is 1590 g/mol. The fraction of sp³-hybridized carbons (Fsp3) is 0.604. The zero-order valence-electron chi connectivity index (χ0n) is 74.7. The number of benzene rings is 6. The molecular weight excluding hydrogens is 1450 g/mol. The van der Waals surface area contributed by atoms with E-state index >= 15 is 9.13 Å². The molecule has 6 aromatic rings. The largest absolute Gasteiger partial charge is 0.689 e. The van der Waals surface area contributed by atoms with Crippen molar-refractivity contribution in [2.75, 3.05) is 0 Å². The van der Waals surface area contributed by atoms with Gasteiger partial charge < -0.3 is 43.3 Å². The van der Waals surface area contributed by atoms with Gasteiger partial charge in [-0.2, -0.15) is 0 Å². The zero-order chi connectivity index (χ0) is 82.4. The molecule has 0 bridgehead atoms. The van der Waals surface area contributed by atoms with Gasteiger partial charge in [0, 0.05) is 84.5 Å². The van der Waals surface area contributed by atoms with E-state index in [0.717, 1.165) is 89.0 Å². The summed E-state index contributed by atoms with van der Waals surface area (Å²) in [5.74, 6) is 4.52. The first-order valence-corrected chi connectivity index (χ1v) is 46.6. The summed E-state index contributed by atoms with van der Waals surface area (Å²) in [5, 5.41) is 0. The van der Waals surface area contributed by atoms with E-state index in [1.54, 1.807) is 0 Å². The fourth-order valence-corrected chi connectivity index (χ4v) is 20.4. The Kier molecular flexibility index (Phi) is 25.6. The van der Waals surface area contributed by atoms with Crippen LogP contribution in [-0.4, -0.2) is 36.9 Å². The van der Waals surface area contributed by atoms with Gasteiger partial charge in [-0.1, -0.05) is 349 Å². The lowest BCUT2D eigenvalue weighted by molar-refractivity contribution is 0.255. The van der Waals surface area contributed by atoms with E-state index < -0.39 is 76.6 Å². The van der Waals surface area contributed by atoms with Crippen LogP contribution in [0, 0.1) is 0 Å². The maximum atomic E-state index is 16.0. The molecule has 9 rings (SSSR count). The highest BCUT2D eigenvalue weighted by Gasteiger charge is 2.48. The number of phosphoric acid groups is 3. The smallest absolute Gasteiger partial charge is 0.412 e. The number of rotatable bonds is 6. The molecule has 3 heterocycles. The molecule has 0 fully saturated rings. The molecular formula is C91H138Al2O13P3. The molecule has 3 aliphatic heterocycles. The molecule has 601 valence electrons. The Balaban J connectivity index is 0.000000365. The minimum absolute atomic E-state index is 0. The fourth-order valence-electron chi connectivity index (χ4n) is 14.0. The summed E-state index contributed by atoms with van der Waals surface area (Å²) in [7, 11) is -13.3. The third-order valence-electron chi connectivity index (χ3n) is 21.4. The highest BCUT2D eigenvalue weighted by Crippen LogP contribution is 2.65. The Morgan fingerprint density at radius 2 is 0.413 bits per heavy atom. The van der Waals surface area contributed by atoms with Crippen molar-refractivity contribution in [3.05, 3.63) is 173 Å². The lowest BCUT2D eigenvalue weighted by Crippen LogP contribution is -2.25. The van der Waals surface area contributed by atoms with Crippen molar-refractivity contribution in [3.8, 4) is 34.5 Å². The molecule has 3 aliphatic rings. The third kappa shape index (κ3) is 20.3. The van der Waals surface area contributed by atoms with Gasteiger partial charge in [-0.15, -0.1) is 0 Å². The van der Waals surface area contributed by atoms with E-state index in [1.165, 1.54) is 11.1 Å². The van der Waals surface area contributed by atoms with Gasteiger partial charge in [-0.3, -0.25) is 0 Å². The quantitative estimate of drug-likeness (QED) is 0.115. The van der Waals surface area contributed by atoms with Gasteiger partial charge in [0.2, 0.25) is 0 Å². The van der Waals surface area contributed by atoms with Crippen LogP contribution in [0.15, 0.2) is 72.8 Å². The van der Waals surface area contributed by atoms with Gasteiger partial charge in [-0.25, -0.2) is 13.7 Å². The second kappa shape index (κ2) is 30.4. The van der Waals surface area contributed by atoms with Crippen LogP contribution in [0.2, 0.25) is 5.79 Å². The van der Waals surface area contributed by atoms with Crippen LogP contribution in [0.1, 0.15) is 388 Å². The van der Waals surface area contributed by atoms with Crippen LogP contribution >= 0.6 is 23.5 Å². The van der Waals surface area contributed by atoms with Crippen molar-refractivity contribution in [2.24, 2.45) is 0 Å². The van der Waals surface area contributed by atoms with Gasteiger partial charge in [0.05, 0.1) is 0 Å². The van der Waals surface area contributed by atoms with Gasteiger partial charge in [0.15, 0.2) is 0 Å². The summed E-state index contributed by atoms with van der Waals surface area (Å²) >= 11 is -2.98. The maximum absolute atomic E-state index is 16.0. The van der Waals surface area contributed by atoms with E-state index in [0.29, 0.717) is 34.5 Å². The molecule has 0 spiro atoms. The molecule has 0 amide bonds. The lowest BCUT2D eigenvalue weighted by atomic mass is 9.74. The van der Waals surface area contributed by atoms with Crippen molar-refractivity contribution in [3.63, 3.8) is 0 Å². The first kappa shape index (κ1) is 91.9. The van der Waals surface area contributed by atoms with Crippen molar-refractivity contribution in [1.29, 1.82) is 0 Å². The first-order valence-electron chi connectivity index (χ1n) is 39.3. The van der Waals surface area contributed by atoms with E-state index in [1.807, 2.05) is 5.79 Å². The average Bonchev–Trinajstić information content (AvgIpc) is 0.742. The summed E-state index contributed by atoms with van der Waals surface area (Å²) in [6.45, 7) is 85.0. The summed E-state index contributed by atoms with van der Waals surface area (Å²) in [6.07, 6.45) is 0. The number of phosphoric ester groups is 3. The van der Waals surface area contributed by atoms with Crippen molar-refractivity contribution in [2.45, 2.75) is 359 Å². The molecule has 0 saturated heterocycles. The highest BCUT2D eigenvalue weighted by atomic mass is 31.2. The van der Waals surface area contributed by atoms with Crippen molar-refractivity contribution >= 4 is 54.9 Å². The molecule has 2 N–H and O–H groups in total. The van der Waals surface area contributed by atoms with Crippen LogP contribution < -0.4 is 27.1 Å². The standard InChI is InChI=1S/3C30H45O4P.CH3.2Al.H2O.H/c3*1-18-21-14-19(27(2,3)4)16-23(29(8,9)10)25(21)33-35(31,32)34-26-22(18)15-20(28(5,6)7)17-24(26)30(11,12)13;;;;;/h3*14-18H,1-13H3,(H,31,32);1H3;;;1H2;/q;;;;+1;+2;;/p-3. The maximum Gasteiger partial charge on any atom is 0.689 e. The number of hydrogen-bond donors (Lipinski definition) is 0. The van der Waals surface area contributed by atoms with Crippen LogP contribution in [0.5, 0.6) is 34.5 Å². The number of fused-ring (bicyclic) bond motifs is 6. The molecule has 0 aromatic heterocycles. The molecule has 0 saturated carbocycles. The molecule has 0 unspecified atom stereocenters. The third-order valence-corrected chi connectivity index (χ3v) is 28.9. The van der Waals surface area contributed by atoms with Gasteiger partial charge in [-0.05, 0) is 98.4 Å². The Bertz CT molecular complexity index is 4100. The normalized spacial score (nSPS) is 20.9. The van der Waals surface area contributed by atoms with Crippen molar-refractivity contribution in [1.82, 2.24) is 0 Å². The van der Waals surface area contributed by atoms with Crippen molar-refractivity contribution < 1.29 is 57.0 Å². The number of hydrogen-bond acceptors (Lipinski definition) is 12. The highest BCUT2D eigenvalue weighted by molar-refractivity contribution is 7.52. The Morgan fingerprint density at radius 1 is 0.266 bits per heavy atom. The molecule has 6 aromatic carbocycles. The summed E-state index contributed by atoms with van der Waals surface area (Å²) in [4.78, 5) is 0.